The van der Waals surface area contributed by atoms with Gasteiger partial charge in [0.2, 0.25) is 0 Å². The first-order valence-corrected chi connectivity index (χ1v) is 12.6. The van der Waals surface area contributed by atoms with Crippen LogP contribution in [0.2, 0.25) is 0 Å². The molecule has 4 rings (SSSR count). The molecule has 3 heterocycles. The summed E-state index contributed by atoms with van der Waals surface area (Å²) in [5.41, 5.74) is 6.04. The second-order valence-electron chi connectivity index (χ2n) is 8.86. The molecule has 1 aliphatic rings. The third kappa shape index (κ3) is 6.54. The van der Waals surface area contributed by atoms with Crippen LogP contribution in [0.1, 0.15) is 50.3 Å². The minimum atomic E-state index is -0.372. The minimum Gasteiger partial charge on any atom is -0.443 e. The van der Waals surface area contributed by atoms with E-state index in [1.165, 1.54) is 16.9 Å². The number of carbonyl (C=O) groups is 1. The monoisotopic (exact) mass is 464 g/mol. The third-order valence-corrected chi connectivity index (χ3v) is 6.84. The zero-order chi connectivity index (χ0) is 23.0. The number of carbonyl (C=O) groups excluding carboxylic acids is 1. The molecular weight excluding hydrogens is 432 g/mol. The van der Waals surface area contributed by atoms with Crippen LogP contribution in [0.15, 0.2) is 53.4 Å². The molecule has 1 aromatic carbocycles. The number of thiazole rings is 1. The fraction of sp³-hybridized carbons (Fsp3) is 0.423. The molecular formula is C26H32N4O2S. The number of piperidine rings is 1. The Morgan fingerprint density at radius 2 is 1.97 bits per heavy atom. The van der Waals surface area contributed by atoms with Gasteiger partial charge in [0.05, 0.1) is 16.9 Å². The highest BCUT2D eigenvalue weighted by molar-refractivity contribution is 7.07. The standard InChI is InChI=1S/C26H32N4O2S/c1-19(2)21-6-8-22(9-7-21)24-4-3-5-25(29-24)30-14-11-20(12-15-30)10-13-27-26(31)32-16-23-17-33-18-28-23/h3-9,17-20H,10-16H2,1-2H3,(H,27,31). The lowest BCUT2D eigenvalue weighted by atomic mass is 9.93. The van der Waals surface area contributed by atoms with Crippen molar-refractivity contribution >= 4 is 23.2 Å². The van der Waals surface area contributed by atoms with E-state index in [0.717, 1.165) is 55.1 Å². The van der Waals surface area contributed by atoms with E-state index in [1.54, 1.807) is 5.51 Å². The Labute approximate surface area is 200 Å². The second-order valence-corrected chi connectivity index (χ2v) is 9.58. The lowest BCUT2D eigenvalue weighted by Crippen LogP contribution is -2.35. The number of hydrogen-bond acceptors (Lipinski definition) is 6. The molecule has 2 aromatic heterocycles. The molecule has 3 aromatic rings. The zero-order valence-corrected chi connectivity index (χ0v) is 20.2. The van der Waals surface area contributed by atoms with E-state index < -0.39 is 0 Å². The van der Waals surface area contributed by atoms with Crippen LogP contribution < -0.4 is 10.2 Å². The van der Waals surface area contributed by atoms with Gasteiger partial charge in [0.1, 0.15) is 12.4 Å². The highest BCUT2D eigenvalue weighted by Crippen LogP contribution is 2.27. The molecule has 174 valence electrons. The second kappa shape index (κ2) is 11.3. The van der Waals surface area contributed by atoms with Crippen LogP contribution >= 0.6 is 11.3 Å². The zero-order valence-electron chi connectivity index (χ0n) is 19.4. The van der Waals surface area contributed by atoms with Crippen LogP contribution in [-0.4, -0.2) is 35.7 Å². The highest BCUT2D eigenvalue weighted by Gasteiger charge is 2.20. The normalized spacial score (nSPS) is 14.5. The summed E-state index contributed by atoms with van der Waals surface area (Å²) < 4.78 is 5.19. The summed E-state index contributed by atoms with van der Waals surface area (Å²) in [6.45, 7) is 7.26. The molecule has 1 amide bonds. The smallest absolute Gasteiger partial charge is 0.407 e. The Morgan fingerprint density at radius 3 is 2.67 bits per heavy atom. The topological polar surface area (TPSA) is 67.4 Å². The van der Waals surface area contributed by atoms with Gasteiger partial charge in [-0.15, -0.1) is 11.3 Å². The number of aromatic nitrogens is 2. The average Bonchev–Trinajstić information content (AvgIpc) is 3.37. The van der Waals surface area contributed by atoms with Gasteiger partial charge in [-0.3, -0.25) is 0 Å². The van der Waals surface area contributed by atoms with Gasteiger partial charge in [-0.1, -0.05) is 44.2 Å². The van der Waals surface area contributed by atoms with E-state index in [0.29, 0.717) is 18.4 Å². The van der Waals surface area contributed by atoms with Gasteiger partial charge in [0, 0.05) is 30.6 Å². The van der Waals surface area contributed by atoms with Crippen LogP contribution in [0.4, 0.5) is 10.6 Å². The first-order chi connectivity index (χ1) is 16.1. The molecule has 1 fully saturated rings. The Balaban J connectivity index is 1.22. The lowest BCUT2D eigenvalue weighted by Gasteiger charge is -2.33. The summed E-state index contributed by atoms with van der Waals surface area (Å²) in [6, 6.07) is 15.0. The molecule has 7 heteroatoms. The van der Waals surface area contributed by atoms with Crippen LogP contribution in [0.3, 0.4) is 0 Å². The van der Waals surface area contributed by atoms with Gasteiger partial charge in [-0.05, 0) is 48.8 Å². The van der Waals surface area contributed by atoms with Crippen molar-refractivity contribution in [1.82, 2.24) is 15.3 Å². The van der Waals surface area contributed by atoms with Crippen LogP contribution in [-0.2, 0) is 11.3 Å². The highest BCUT2D eigenvalue weighted by atomic mass is 32.1. The number of rotatable bonds is 8. The Kier molecular flexibility index (Phi) is 7.94. The van der Waals surface area contributed by atoms with Gasteiger partial charge in [-0.2, -0.15) is 0 Å². The van der Waals surface area contributed by atoms with Crippen molar-refractivity contribution in [2.45, 2.75) is 45.6 Å². The van der Waals surface area contributed by atoms with E-state index in [9.17, 15) is 4.79 Å². The van der Waals surface area contributed by atoms with Crippen molar-refractivity contribution in [1.29, 1.82) is 0 Å². The van der Waals surface area contributed by atoms with Crippen LogP contribution in [0.5, 0.6) is 0 Å². The van der Waals surface area contributed by atoms with E-state index in [-0.39, 0.29) is 12.7 Å². The number of amides is 1. The van der Waals surface area contributed by atoms with E-state index in [1.807, 2.05) is 5.38 Å². The number of anilines is 1. The number of alkyl carbamates (subject to hydrolysis) is 1. The predicted octanol–water partition coefficient (Wildman–Crippen LogP) is 5.86. The summed E-state index contributed by atoms with van der Waals surface area (Å²) in [4.78, 5) is 23.3. The van der Waals surface area contributed by atoms with Gasteiger partial charge in [0.15, 0.2) is 0 Å². The van der Waals surface area contributed by atoms with Crippen molar-refractivity contribution in [3.8, 4) is 11.3 Å². The van der Waals surface area contributed by atoms with Crippen molar-refractivity contribution in [3.05, 3.63) is 64.6 Å². The molecule has 0 aliphatic carbocycles. The summed E-state index contributed by atoms with van der Waals surface area (Å²) in [5.74, 6) is 2.18. The Hall–Kier alpha value is -2.93. The maximum absolute atomic E-state index is 11.8. The summed E-state index contributed by atoms with van der Waals surface area (Å²) >= 11 is 1.50. The third-order valence-electron chi connectivity index (χ3n) is 6.20. The quantitative estimate of drug-likeness (QED) is 0.452. The lowest BCUT2D eigenvalue weighted by molar-refractivity contribution is 0.137. The number of pyridine rings is 1. The van der Waals surface area contributed by atoms with Gasteiger partial charge in [0.25, 0.3) is 0 Å². The van der Waals surface area contributed by atoms with E-state index in [4.69, 9.17) is 9.72 Å². The van der Waals surface area contributed by atoms with Gasteiger partial charge < -0.3 is 15.0 Å². The maximum atomic E-state index is 11.8. The predicted molar refractivity (Wildman–Crippen MR) is 134 cm³/mol. The van der Waals surface area contributed by atoms with Gasteiger partial charge in [-0.25, -0.2) is 14.8 Å². The fourth-order valence-electron chi connectivity index (χ4n) is 4.13. The largest absolute Gasteiger partial charge is 0.443 e. The Morgan fingerprint density at radius 1 is 1.18 bits per heavy atom. The average molecular weight is 465 g/mol. The number of nitrogens with one attached hydrogen (secondary N) is 1. The SMILES string of the molecule is CC(C)c1ccc(-c2cccc(N3CCC(CCNC(=O)OCc4cscn4)CC3)n2)cc1. The molecule has 1 saturated heterocycles. The molecule has 0 radical (unpaired) electrons. The van der Waals surface area contributed by atoms with E-state index >= 15 is 0 Å². The summed E-state index contributed by atoms with van der Waals surface area (Å²) in [6.07, 6.45) is 2.80. The first-order valence-electron chi connectivity index (χ1n) is 11.7. The van der Waals surface area contributed by atoms with Crippen molar-refractivity contribution < 1.29 is 9.53 Å². The summed E-state index contributed by atoms with van der Waals surface area (Å²) in [5, 5.41) is 4.74. The first kappa shape index (κ1) is 23.2. The fourth-order valence-corrected chi connectivity index (χ4v) is 4.67. The molecule has 6 nitrogen and oxygen atoms in total. The van der Waals surface area contributed by atoms with Crippen molar-refractivity contribution in [2.75, 3.05) is 24.5 Å². The molecule has 0 spiro atoms. The summed E-state index contributed by atoms with van der Waals surface area (Å²) in [7, 11) is 0. The molecule has 33 heavy (non-hydrogen) atoms. The van der Waals surface area contributed by atoms with Crippen LogP contribution in [0, 0.1) is 5.92 Å². The number of nitrogens with zero attached hydrogens (tertiary/aromatic N) is 3. The van der Waals surface area contributed by atoms with Crippen molar-refractivity contribution in [3.63, 3.8) is 0 Å². The van der Waals surface area contributed by atoms with E-state index in [2.05, 4.69) is 71.5 Å². The molecule has 1 aliphatic heterocycles. The minimum absolute atomic E-state index is 0.224. The van der Waals surface area contributed by atoms with Crippen molar-refractivity contribution in [2.24, 2.45) is 5.92 Å². The molecule has 0 saturated carbocycles. The molecule has 1 N–H and O–H groups in total. The maximum Gasteiger partial charge on any atom is 0.407 e. The molecule has 0 atom stereocenters. The number of ether oxygens (including phenoxy) is 1. The number of hydrogen-bond donors (Lipinski definition) is 1. The molecule has 0 unspecified atom stereocenters. The number of benzene rings is 1. The van der Waals surface area contributed by atoms with Gasteiger partial charge >= 0.3 is 6.09 Å². The Bertz CT molecular complexity index is 1010. The molecule has 0 bridgehead atoms. The van der Waals surface area contributed by atoms with Crippen LogP contribution in [0.25, 0.3) is 11.3 Å².